The molecule has 1 aliphatic heterocycles. The smallest absolute Gasteiger partial charge is 0.209 e. The SMILES string of the molecule is C=C(CC(C)(C)C)NC(C1CCCCC1)C(C(=C)NC1CC(OC2=CCC(Cl)C=N2)C1)C(C)(C)C. The van der Waals surface area contributed by atoms with E-state index in [0.717, 1.165) is 43.0 Å². The van der Waals surface area contributed by atoms with Gasteiger partial charge in [0.1, 0.15) is 6.10 Å². The maximum absolute atomic E-state index is 6.08. The van der Waals surface area contributed by atoms with Crippen LogP contribution in [-0.4, -0.2) is 29.8 Å². The van der Waals surface area contributed by atoms with Crippen LogP contribution in [-0.2, 0) is 4.74 Å². The third kappa shape index (κ3) is 8.58. The number of nitrogens with one attached hydrogen (secondary N) is 2. The van der Waals surface area contributed by atoms with Gasteiger partial charge in [0.15, 0.2) is 0 Å². The first kappa shape index (κ1) is 28.2. The summed E-state index contributed by atoms with van der Waals surface area (Å²) in [5, 5.41) is 7.75. The van der Waals surface area contributed by atoms with Crippen LogP contribution in [0.2, 0.25) is 0 Å². The fourth-order valence-electron chi connectivity index (χ4n) is 6.03. The molecule has 3 aliphatic rings. The van der Waals surface area contributed by atoms with E-state index in [4.69, 9.17) is 16.3 Å². The second kappa shape index (κ2) is 11.8. The molecular formula is C30H50ClN3O. The van der Waals surface area contributed by atoms with Gasteiger partial charge in [0.2, 0.25) is 5.88 Å². The summed E-state index contributed by atoms with van der Waals surface area (Å²) in [6.07, 6.45) is 14.3. The fraction of sp³-hybridized carbons (Fsp3) is 0.767. The van der Waals surface area contributed by atoms with Crippen molar-refractivity contribution < 1.29 is 4.74 Å². The number of alkyl halides is 1. The molecule has 2 aliphatic carbocycles. The minimum Gasteiger partial charge on any atom is -0.474 e. The second-order valence-electron chi connectivity index (χ2n) is 13.4. The molecule has 0 bridgehead atoms. The standard InChI is InChI=1S/C30H50ClN3O/c1-20(18-29(3,4)5)33-28(22-12-10-9-11-13-22)27(30(6,7)8)21(2)34-24-16-25(17-24)35-26-15-14-23(31)19-32-26/h15,19,22-25,27-28,33-34H,1-2,9-14,16-18H2,3-8H3. The molecule has 3 unspecified atom stereocenters. The summed E-state index contributed by atoms with van der Waals surface area (Å²) in [6, 6.07) is 0.749. The Morgan fingerprint density at radius 3 is 2.31 bits per heavy atom. The number of nitrogens with zero attached hydrogens (tertiary/aromatic N) is 1. The minimum atomic E-state index is -0.0130. The van der Waals surface area contributed by atoms with Crippen molar-refractivity contribution in [3.8, 4) is 0 Å². The van der Waals surface area contributed by atoms with Crippen molar-refractivity contribution in [3.05, 3.63) is 36.5 Å². The summed E-state index contributed by atoms with van der Waals surface area (Å²) < 4.78 is 6.07. The number of allylic oxidation sites excluding steroid dienone is 2. The van der Waals surface area contributed by atoms with Crippen LogP contribution < -0.4 is 10.6 Å². The van der Waals surface area contributed by atoms with Gasteiger partial charge in [0.05, 0.1) is 5.38 Å². The van der Waals surface area contributed by atoms with E-state index in [1.54, 1.807) is 6.21 Å². The minimum absolute atomic E-state index is 0.0130. The third-order valence-corrected chi connectivity index (χ3v) is 7.88. The quantitative estimate of drug-likeness (QED) is 0.300. The average molecular weight is 504 g/mol. The van der Waals surface area contributed by atoms with Crippen molar-refractivity contribution in [2.45, 2.75) is 123 Å². The van der Waals surface area contributed by atoms with Crippen LogP contribution in [0.4, 0.5) is 0 Å². The normalized spacial score (nSPS) is 27.3. The van der Waals surface area contributed by atoms with Gasteiger partial charge in [0, 0.05) is 48.5 Å². The van der Waals surface area contributed by atoms with Crippen molar-refractivity contribution in [1.29, 1.82) is 0 Å². The number of ether oxygens (including phenoxy) is 1. The van der Waals surface area contributed by atoms with Gasteiger partial charge in [-0.15, -0.1) is 11.6 Å². The van der Waals surface area contributed by atoms with E-state index < -0.39 is 0 Å². The van der Waals surface area contributed by atoms with Crippen molar-refractivity contribution in [1.82, 2.24) is 10.6 Å². The first-order valence-electron chi connectivity index (χ1n) is 13.8. The van der Waals surface area contributed by atoms with Gasteiger partial charge in [-0.3, -0.25) is 0 Å². The van der Waals surface area contributed by atoms with Crippen molar-refractivity contribution >= 4 is 17.8 Å². The highest BCUT2D eigenvalue weighted by Crippen LogP contribution is 2.41. The van der Waals surface area contributed by atoms with Gasteiger partial charge >= 0.3 is 0 Å². The Labute approximate surface area is 220 Å². The van der Waals surface area contributed by atoms with Gasteiger partial charge in [-0.05, 0) is 48.5 Å². The van der Waals surface area contributed by atoms with Crippen LogP contribution in [0.1, 0.15) is 99.3 Å². The van der Waals surface area contributed by atoms with Crippen LogP contribution >= 0.6 is 11.6 Å². The summed E-state index contributed by atoms with van der Waals surface area (Å²) in [5.74, 6) is 1.69. The predicted molar refractivity (Wildman–Crippen MR) is 151 cm³/mol. The molecule has 0 amide bonds. The zero-order valence-corrected chi connectivity index (χ0v) is 23.9. The lowest BCUT2D eigenvalue weighted by molar-refractivity contribution is 0.0258. The Morgan fingerprint density at radius 2 is 1.77 bits per heavy atom. The molecule has 2 saturated carbocycles. The lowest BCUT2D eigenvalue weighted by Crippen LogP contribution is -2.53. The number of hydrogen-bond acceptors (Lipinski definition) is 4. The molecule has 0 aromatic rings. The number of rotatable bonds is 10. The number of aliphatic imine (C=N–C) groups is 1. The van der Waals surface area contributed by atoms with Crippen LogP contribution in [0.3, 0.4) is 0 Å². The number of hydrogen-bond donors (Lipinski definition) is 2. The van der Waals surface area contributed by atoms with Crippen molar-refractivity contribution in [2.24, 2.45) is 27.7 Å². The van der Waals surface area contributed by atoms with E-state index in [2.05, 4.69) is 70.3 Å². The van der Waals surface area contributed by atoms with E-state index in [9.17, 15) is 0 Å². The summed E-state index contributed by atoms with van der Waals surface area (Å²) >= 11 is 6.08. The maximum atomic E-state index is 6.08. The van der Waals surface area contributed by atoms with Gasteiger partial charge in [-0.2, -0.15) is 0 Å². The first-order chi connectivity index (χ1) is 16.3. The second-order valence-corrected chi connectivity index (χ2v) is 14.0. The molecule has 3 atom stereocenters. The maximum Gasteiger partial charge on any atom is 0.209 e. The molecule has 0 spiro atoms. The molecule has 2 N–H and O–H groups in total. The van der Waals surface area contributed by atoms with Gasteiger partial charge in [-0.1, -0.05) is 74.0 Å². The van der Waals surface area contributed by atoms with E-state index in [1.807, 2.05) is 6.08 Å². The van der Waals surface area contributed by atoms with E-state index >= 15 is 0 Å². The summed E-state index contributed by atoms with van der Waals surface area (Å²) in [7, 11) is 0. The lowest BCUT2D eigenvalue weighted by Gasteiger charge is -2.46. The molecule has 5 heteroatoms. The third-order valence-electron chi connectivity index (χ3n) is 7.59. The van der Waals surface area contributed by atoms with Gasteiger partial charge in [-0.25, -0.2) is 4.99 Å². The predicted octanol–water partition coefficient (Wildman–Crippen LogP) is 7.71. The van der Waals surface area contributed by atoms with E-state index in [1.165, 1.54) is 32.1 Å². The Bertz CT molecular complexity index is 791. The molecule has 0 aromatic carbocycles. The fourth-order valence-corrected chi connectivity index (χ4v) is 6.18. The van der Waals surface area contributed by atoms with Crippen LogP contribution in [0.25, 0.3) is 0 Å². The highest BCUT2D eigenvalue weighted by atomic mass is 35.5. The largest absolute Gasteiger partial charge is 0.474 e. The van der Waals surface area contributed by atoms with Crippen LogP contribution in [0.5, 0.6) is 0 Å². The Hall–Kier alpha value is -1.42. The molecule has 1 heterocycles. The molecule has 35 heavy (non-hydrogen) atoms. The Morgan fingerprint density at radius 1 is 1.11 bits per heavy atom. The zero-order valence-electron chi connectivity index (χ0n) is 23.1. The molecule has 0 saturated heterocycles. The molecule has 198 valence electrons. The van der Waals surface area contributed by atoms with Gasteiger partial charge < -0.3 is 15.4 Å². The molecule has 2 fully saturated rings. The Kier molecular flexibility index (Phi) is 9.45. The molecule has 0 radical (unpaired) electrons. The summed E-state index contributed by atoms with van der Waals surface area (Å²) in [4.78, 5) is 4.33. The lowest BCUT2D eigenvalue weighted by atomic mass is 9.67. The molecule has 0 aromatic heterocycles. The summed E-state index contributed by atoms with van der Waals surface area (Å²) in [5.41, 5.74) is 2.62. The molecule has 4 nitrogen and oxygen atoms in total. The average Bonchev–Trinajstić information content (AvgIpc) is 2.71. The highest BCUT2D eigenvalue weighted by molar-refractivity contribution is 6.28. The highest BCUT2D eigenvalue weighted by Gasteiger charge is 2.41. The monoisotopic (exact) mass is 503 g/mol. The van der Waals surface area contributed by atoms with E-state index in [0.29, 0.717) is 23.9 Å². The zero-order chi connectivity index (χ0) is 25.8. The van der Waals surface area contributed by atoms with Crippen LogP contribution in [0.15, 0.2) is 41.5 Å². The van der Waals surface area contributed by atoms with E-state index in [-0.39, 0.29) is 22.3 Å². The molecule has 3 rings (SSSR count). The summed E-state index contributed by atoms with van der Waals surface area (Å²) in [6.45, 7) is 23.0. The molecular weight excluding hydrogens is 454 g/mol. The topological polar surface area (TPSA) is 45.6 Å². The van der Waals surface area contributed by atoms with Crippen LogP contribution in [0, 0.1) is 22.7 Å². The van der Waals surface area contributed by atoms with Crippen molar-refractivity contribution in [3.63, 3.8) is 0 Å². The Balaban J connectivity index is 1.65. The van der Waals surface area contributed by atoms with Gasteiger partial charge in [0.25, 0.3) is 0 Å². The first-order valence-corrected chi connectivity index (χ1v) is 14.2. The number of halogens is 1. The van der Waals surface area contributed by atoms with Crippen molar-refractivity contribution in [2.75, 3.05) is 0 Å².